The second-order valence-corrected chi connectivity index (χ2v) is 12.4. The van der Waals surface area contributed by atoms with Gasteiger partial charge in [-0.05, 0) is 62.9 Å². The third-order valence-electron chi connectivity index (χ3n) is 6.87. The fourth-order valence-corrected chi connectivity index (χ4v) is 4.55. The van der Waals surface area contributed by atoms with Gasteiger partial charge in [-0.3, -0.25) is 4.79 Å². The first-order chi connectivity index (χ1) is 18.9. The van der Waals surface area contributed by atoms with Gasteiger partial charge in [-0.25, -0.2) is 9.78 Å². The molecule has 0 fully saturated rings. The van der Waals surface area contributed by atoms with Crippen molar-refractivity contribution in [3.8, 4) is 17.2 Å². The van der Waals surface area contributed by atoms with Gasteiger partial charge >= 0.3 is 12.1 Å². The van der Waals surface area contributed by atoms with Crippen molar-refractivity contribution in [1.29, 1.82) is 0 Å². The zero-order valence-corrected chi connectivity index (χ0v) is 24.8. The van der Waals surface area contributed by atoms with E-state index in [0.29, 0.717) is 44.1 Å². The first-order valence-corrected chi connectivity index (χ1v) is 14.0. The number of aromatic nitrogens is 1. The summed E-state index contributed by atoms with van der Waals surface area (Å²) in [5, 5.41) is 9.24. The smallest absolute Gasteiger partial charge is 0.410 e. The molecular weight excluding hydrogens is 579 g/mol. The molecule has 0 aliphatic carbocycles. The van der Waals surface area contributed by atoms with Crippen molar-refractivity contribution in [3.63, 3.8) is 0 Å². The van der Waals surface area contributed by atoms with E-state index in [0.717, 1.165) is 33.7 Å². The number of carbonyl (C=O) groups is 2. The molecule has 1 amide bonds. The number of oxazole rings is 1. The fraction of sp³-hybridized carbons (Fsp3) is 0.414. The topological polar surface area (TPSA) is 102 Å². The lowest BCUT2D eigenvalue weighted by Gasteiger charge is -2.36. The predicted octanol–water partition coefficient (Wildman–Crippen LogP) is 6.93. The summed E-state index contributed by atoms with van der Waals surface area (Å²) in [5.74, 6) is 1.09. The van der Waals surface area contributed by atoms with Gasteiger partial charge in [0.05, 0.1) is 12.3 Å². The second kappa shape index (κ2) is 12.3. The molecule has 2 heterocycles. The lowest BCUT2D eigenvalue weighted by atomic mass is 9.92. The summed E-state index contributed by atoms with van der Waals surface area (Å²) in [6, 6.07) is 13.4. The molecule has 214 valence electrons. The van der Waals surface area contributed by atoms with Crippen LogP contribution in [0, 0.1) is 6.92 Å². The summed E-state index contributed by atoms with van der Waals surface area (Å²) in [6.45, 7) is 5.89. The lowest BCUT2D eigenvalue weighted by Crippen LogP contribution is -2.46. The van der Waals surface area contributed by atoms with E-state index >= 15 is 0 Å². The maximum Gasteiger partial charge on any atom is 0.410 e. The van der Waals surface area contributed by atoms with Crippen LogP contribution in [0.25, 0.3) is 11.5 Å². The van der Waals surface area contributed by atoms with E-state index < -0.39 is 21.5 Å². The van der Waals surface area contributed by atoms with Crippen LogP contribution in [0.15, 0.2) is 46.9 Å². The minimum atomic E-state index is -1.81. The monoisotopic (exact) mass is 608 g/mol. The van der Waals surface area contributed by atoms with E-state index in [1.54, 1.807) is 0 Å². The number of carbonyl (C=O) groups excluding carboxylic acids is 1. The van der Waals surface area contributed by atoms with E-state index in [1.165, 1.54) is 18.7 Å². The van der Waals surface area contributed by atoms with Crippen molar-refractivity contribution in [2.75, 3.05) is 13.2 Å². The summed E-state index contributed by atoms with van der Waals surface area (Å²) in [5.41, 5.74) is 2.99. The Balaban J connectivity index is 1.49. The van der Waals surface area contributed by atoms with Gasteiger partial charge in [0, 0.05) is 37.1 Å². The summed E-state index contributed by atoms with van der Waals surface area (Å²) in [7, 11) is 0. The highest BCUT2D eigenvalue weighted by Crippen LogP contribution is 2.41. The molecule has 4 rings (SSSR count). The molecule has 3 aromatic rings. The molecule has 2 aromatic carbocycles. The highest BCUT2D eigenvalue weighted by molar-refractivity contribution is 6.68. The SMILES string of the molecule is Cc1oc(-c2ccccc2)nc1CCOc1ccc(CCC(=O)O)c2c1CCN(C(=O)OC(C)(C)C(Cl)(Cl)Cl)C2. The Morgan fingerprint density at radius 3 is 2.48 bits per heavy atom. The van der Waals surface area contributed by atoms with Gasteiger partial charge in [0.15, 0.2) is 5.60 Å². The van der Waals surface area contributed by atoms with E-state index in [1.807, 2.05) is 49.4 Å². The van der Waals surface area contributed by atoms with Crippen LogP contribution in [0.5, 0.6) is 5.75 Å². The number of carboxylic acid groups (broad SMARTS) is 1. The van der Waals surface area contributed by atoms with Crippen molar-refractivity contribution >= 4 is 46.9 Å². The molecule has 1 aromatic heterocycles. The van der Waals surface area contributed by atoms with Gasteiger partial charge in [-0.2, -0.15) is 0 Å². The Kier molecular flexibility index (Phi) is 9.22. The predicted molar refractivity (Wildman–Crippen MR) is 153 cm³/mol. The number of alkyl halides is 3. The van der Waals surface area contributed by atoms with Crippen LogP contribution in [0.2, 0.25) is 0 Å². The quantitative estimate of drug-likeness (QED) is 0.262. The number of hydrogen-bond donors (Lipinski definition) is 1. The number of carboxylic acids is 1. The van der Waals surface area contributed by atoms with Crippen LogP contribution in [-0.2, 0) is 35.3 Å². The average molecular weight is 610 g/mol. The molecule has 0 atom stereocenters. The number of aliphatic carboxylic acids is 1. The average Bonchev–Trinajstić information content (AvgIpc) is 3.27. The normalized spacial score (nSPS) is 13.6. The third kappa shape index (κ3) is 7.03. The molecule has 0 unspecified atom stereocenters. The minimum Gasteiger partial charge on any atom is -0.493 e. The standard InChI is InChI=1S/C29H31Cl3N2O6/c1-18-23(33-26(39-18)20-7-5-4-6-8-20)14-16-38-24-11-9-19(10-12-25(35)36)22-17-34(15-13-21(22)24)27(37)40-28(2,3)29(30,31)32/h4-9,11H,10,12-17H2,1-3H3,(H,35,36). The third-order valence-corrected chi connectivity index (χ3v) is 8.23. The Morgan fingerprint density at radius 1 is 1.07 bits per heavy atom. The number of benzene rings is 2. The van der Waals surface area contributed by atoms with Crippen molar-refractivity contribution in [2.45, 2.75) is 62.4 Å². The summed E-state index contributed by atoms with van der Waals surface area (Å²) in [4.78, 5) is 30.4. The van der Waals surface area contributed by atoms with Crippen molar-refractivity contribution in [3.05, 3.63) is 70.6 Å². The Labute approximate surface area is 248 Å². The van der Waals surface area contributed by atoms with Crippen molar-refractivity contribution < 1.29 is 28.6 Å². The van der Waals surface area contributed by atoms with E-state index in [2.05, 4.69) is 4.98 Å². The van der Waals surface area contributed by atoms with Gasteiger partial charge in [0.1, 0.15) is 11.5 Å². The first-order valence-electron chi connectivity index (χ1n) is 12.9. The summed E-state index contributed by atoms with van der Waals surface area (Å²) >= 11 is 18.0. The van der Waals surface area contributed by atoms with E-state index in [4.69, 9.17) is 48.7 Å². The Morgan fingerprint density at radius 2 is 1.80 bits per heavy atom. The molecule has 0 saturated carbocycles. The molecule has 0 spiro atoms. The number of amides is 1. The first kappa shape index (κ1) is 30.0. The second-order valence-electron chi connectivity index (χ2n) is 10.1. The number of hydrogen-bond acceptors (Lipinski definition) is 6. The number of fused-ring (bicyclic) bond motifs is 1. The fourth-order valence-electron chi connectivity index (χ4n) is 4.44. The van der Waals surface area contributed by atoms with Crippen LogP contribution in [0.1, 0.15) is 48.4 Å². The van der Waals surface area contributed by atoms with Gasteiger partial charge in [-0.1, -0.05) is 59.1 Å². The number of nitrogens with zero attached hydrogens (tertiary/aromatic N) is 2. The van der Waals surface area contributed by atoms with Gasteiger partial charge < -0.3 is 23.9 Å². The number of rotatable bonds is 9. The van der Waals surface area contributed by atoms with Crippen LogP contribution in [0.4, 0.5) is 4.79 Å². The van der Waals surface area contributed by atoms with Crippen LogP contribution < -0.4 is 4.74 Å². The highest BCUT2D eigenvalue weighted by Gasteiger charge is 2.45. The largest absolute Gasteiger partial charge is 0.493 e. The zero-order valence-electron chi connectivity index (χ0n) is 22.5. The zero-order chi connectivity index (χ0) is 29.1. The molecule has 1 aliphatic heterocycles. The summed E-state index contributed by atoms with van der Waals surface area (Å²) in [6.07, 6.45) is 0.708. The molecule has 0 bridgehead atoms. The van der Waals surface area contributed by atoms with Gasteiger partial charge in [-0.15, -0.1) is 0 Å². The lowest BCUT2D eigenvalue weighted by molar-refractivity contribution is -0.136. The van der Waals surface area contributed by atoms with Crippen LogP contribution in [-0.4, -0.2) is 49.6 Å². The molecule has 0 radical (unpaired) electrons. The molecule has 11 heteroatoms. The minimum absolute atomic E-state index is 0.0352. The van der Waals surface area contributed by atoms with E-state index in [9.17, 15) is 14.7 Å². The number of aryl methyl sites for hydroxylation is 2. The molecular formula is C29H31Cl3N2O6. The molecule has 40 heavy (non-hydrogen) atoms. The maximum atomic E-state index is 13.0. The van der Waals surface area contributed by atoms with Gasteiger partial charge in [0.25, 0.3) is 0 Å². The molecule has 8 nitrogen and oxygen atoms in total. The van der Waals surface area contributed by atoms with Crippen molar-refractivity contribution in [1.82, 2.24) is 9.88 Å². The maximum absolute atomic E-state index is 13.0. The molecule has 1 N–H and O–H groups in total. The number of ether oxygens (including phenoxy) is 2. The highest BCUT2D eigenvalue weighted by atomic mass is 35.6. The molecule has 1 aliphatic rings. The van der Waals surface area contributed by atoms with Crippen LogP contribution in [0.3, 0.4) is 0 Å². The Bertz CT molecular complexity index is 1370. The number of halogens is 3. The Hall–Kier alpha value is -2.94. The molecule has 0 saturated heterocycles. The van der Waals surface area contributed by atoms with Crippen molar-refractivity contribution in [2.24, 2.45) is 0 Å². The van der Waals surface area contributed by atoms with E-state index in [-0.39, 0.29) is 13.0 Å². The summed E-state index contributed by atoms with van der Waals surface area (Å²) < 4.78 is 15.8. The van der Waals surface area contributed by atoms with Gasteiger partial charge in [0.2, 0.25) is 9.68 Å². The van der Waals surface area contributed by atoms with Crippen LogP contribution >= 0.6 is 34.8 Å².